The molecule has 0 radical (unpaired) electrons. The molecule has 0 aliphatic rings. The number of nitrogens with zero attached hydrogens (tertiary/aromatic N) is 2. The molecule has 0 aliphatic heterocycles. The van der Waals surface area contributed by atoms with Crippen molar-refractivity contribution in [1.29, 1.82) is 0 Å². The molecule has 0 spiro atoms. The highest BCUT2D eigenvalue weighted by Gasteiger charge is 2.31. The lowest BCUT2D eigenvalue weighted by Gasteiger charge is -2.29. The van der Waals surface area contributed by atoms with Crippen molar-refractivity contribution < 1.29 is 5.11 Å². The van der Waals surface area contributed by atoms with Crippen LogP contribution < -0.4 is 5.32 Å². The molecular weight excluding hydrogens is 310 g/mol. The minimum atomic E-state index is -1.15. The Morgan fingerprint density at radius 2 is 1.26 bits per heavy atom. The van der Waals surface area contributed by atoms with Gasteiger partial charge in [0.1, 0.15) is 5.60 Å². The number of benzene rings is 2. The van der Waals surface area contributed by atoms with Gasteiger partial charge in [-0.15, -0.1) is 12.4 Å². The summed E-state index contributed by atoms with van der Waals surface area (Å²) in [5.74, 6) is 0.493. The quantitative estimate of drug-likeness (QED) is 0.755. The topological polar surface area (TPSA) is 58.0 Å². The van der Waals surface area contributed by atoms with Crippen LogP contribution in [0, 0.1) is 0 Å². The van der Waals surface area contributed by atoms with Crippen LogP contribution in [0.4, 0.5) is 5.95 Å². The highest BCUT2D eigenvalue weighted by atomic mass is 35.5. The van der Waals surface area contributed by atoms with E-state index >= 15 is 0 Å². The van der Waals surface area contributed by atoms with Crippen LogP contribution in [-0.2, 0) is 5.60 Å². The minimum Gasteiger partial charge on any atom is -0.379 e. The lowest BCUT2D eigenvalue weighted by atomic mass is 9.86. The highest BCUT2D eigenvalue weighted by molar-refractivity contribution is 5.85. The number of aliphatic hydroxyl groups is 1. The van der Waals surface area contributed by atoms with Crippen LogP contribution in [0.2, 0.25) is 0 Å². The Morgan fingerprint density at radius 1 is 0.783 bits per heavy atom. The van der Waals surface area contributed by atoms with Crippen LogP contribution in [0.5, 0.6) is 0 Å². The van der Waals surface area contributed by atoms with E-state index in [2.05, 4.69) is 15.3 Å². The number of hydrogen-bond donors (Lipinski definition) is 2. The molecule has 3 rings (SSSR count). The minimum absolute atomic E-state index is 0. The molecule has 0 unspecified atom stereocenters. The average molecular weight is 328 g/mol. The van der Waals surface area contributed by atoms with Crippen molar-refractivity contribution in [3.8, 4) is 0 Å². The third kappa shape index (κ3) is 3.86. The molecular formula is C18H18ClN3O. The van der Waals surface area contributed by atoms with E-state index in [0.29, 0.717) is 5.95 Å². The monoisotopic (exact) mass is 327 g/mol. The van der Waals surface area contributed by atoms with E-state index in [9.17, 15) is 5.11 Å². The third-order valence-electron chi connectivity index (χ3n) is 3.57. The zero-order chi connectivity index (χ0) is 15.3. The lowest BCUT2D eigenvalue weighted by molar-refractivity contribution is 0.0948. The molecule has 0 fully saturated rings. The first-order valence-electron chi connectivity index (χ1n) is 7.13. The van der Waals surface area contributed by atoms with Crippen molar-refractivity contribution >= 4 is 18.4 Å². The molecule has 118 valence electrons. The number of halogens is 1. The van der Waals surface area contributed by atoms with E-state index in [1.807, 2.05) is 60.7 Å². The second-order valence-corrected chi connectivity index (χ2v) is 5.02. The summed E-state index contributed by atoms with van der Waals surface area (Å²) < 4.78 is 0. The van der Waals surface area contributed by atoms with E-state index in [0.717, 1.165) is 11.1 Å². The van der Waals surface area contributed by atoms with E-state index in [-0.39, 0.29) is 19.0 Å². The van der Waals surface area contributed by atoms with Gasteiger partial charge in [-0.25, -0.2) is 9.97 Å². The molecule has 3 aromatic rings. The second kappa shape index (κ2) is 7.72. The summed E-state index contributed by atoms with van der Waals surface area (Å²) >= 11 is 0. The summed E-state index contributed by atoms with van der Waals surface area (Å²) in [6.45, 7) is 0.283. The van der Waals surface area contributed by atoms with Gasteiger partial charge in [0.05, 0.1) is 6.54 Å². The van der Waals surface area contributed by atoms with Crippen molar-refractivity contribution in [2.24, 2.45) is 0 Å². The fourth-order valence-corrected chi connectivity index (χ4v) is 2.40. The van der Waals surface area contributed by atoms with Gasteiger partial charge in [0.2, 0.25) is 5.95 Å². The fraction of sp³-hybridized carbons (Fsp3) is 0.111. The Bertz CT molecular complexity index is 669. The third-order valence-corrected chi connectivity index (χ3v) is 3.57. The van der Waals surface area contributed by atoms with Gasteiger partial charge in [-0.05, 0) is 17.2 Å². The van der Waals surface area contributed by atoms with Gasteiger partial charge in [-0.2, -0.15) is 0 Å². The Kier molecular flexibility index (Phi) is 5.68. The van der Waals surface area contributed by atoms with Gasteiger partial charge in [0.25, 0.3) is 0 Å². The van der Waals surface area contributed by atoms with Crippen molar-refractivity contribution in [2.45, 2.75) is 5.60 Å². The summed E-state index contributed by atoms with van der Waals surface area (Å²) in [6.07, 6.45) is 3.33. The van der Waals surface area contributed by atoms with E-state index in [1.54, 1.807) is 18.5 Å². The van der Waals surface area contributed by atoms with Crippen molar-refractivity contribution in [2.75, 3.05) is 11.9 Å². The van der Waals surface area contributed by atoms with Crippen LogP contribution in [0.1, 0.15) is 11.1 Å². The van der Waals surface area contributed by atoms with E-state index < -0.39 is 5.60 Å². The molecule has 2 N–H and O–H groups in total. The number of aromatic nitrogens is 2. The average Bonchev–Trinajstić information content (AvgIpc) is 2.62. The molecule has 0 saturated carbocycles. The molecule has 0 amide bonds. The van der Waals surface area contributed by atoms with Crippen LogP contribution >= 0.6 is 12.4 Å². The van der Waals surface area contributed by atoms with Gasteiger partial charge in [-0.3, -0.25) is 0 Å². The van der Waals surface area contributed by atoms with E-state index in [1.165, 1.54) is 0 Å². The number of hydrogen-bond acceptors (Lipinski definition) is 4. The SMILES string of the molecule is Cl.OC(CNc1ncccn1)(c1ccccc1)c1ccccc1. The van der Waals surface area contributed by atoms with Gasteiger partial charge < -0.3 is 10.4 Å². The Morgan fingerprint density at radius 3 is 1.74 bits per heavy atom. The zero-order valence-electron chi connectivity index (χ0n) is 12.5. The first kappa shape index (κ1) is 16.9. The second-order valence-electron chi connectivity index (χ2n) is 5.02. The lowest BCUT2D eigenvalue weighted by Crippen LogP contribution is -2.35. The van der Waals surface area contributed by atoms with Crippen molar-refractivity contribution in [3.63, 3.8) is 0 Å². The van der Waals surface area contributed by atoms with Crippen molar-refractivity contribution in [3.05, 3.63) is 90.3 Å². The normalized spacial score (nSPS) is 10.7. The fourth-order valence-electron chi connectivity index (χ4n) is 2.40. The molecule has 1 aromatic heterocycles. The van der Waals surface area contributed by atoms with Gasteiger partial charge >= 0.3 is 0 Å². The Balaban J connectivity index is 0.00000192. The molecule has 5 heteroatoms. The van der Waals surface area contributed by atoms with Crippen molar-refractivity contribution in [1.82, 2.24) is 9.97 Å². The molecule has 4 nitrogen and oxygen atoms in total. The van der Waals surface area contributed by atoms with Crippen LogP contribution in [0.25, 0.3) is 0 Å². The molecule has 23 heavy (non-hydrogen) atoms. The summed E-state index contributed by atoms with van der Waals surface area (Å²) in [5, 5.41) is 14.4. The van der Waals surface area contributed by atoms with E-state index in [4.69, 9.17) is 0 Å². The number of rotatable bonds is 5. The molecule has 0 atom stereocenters. The first-order chi connectivity index (χ1) is 10.8. The molecule has 0 saturated heterocycles. The van der Waals surface area contributed by atoms with Gasteiger partial charge in [0.15, 0.2) is 0 Å². The standard InChI is InChI=1S/C18H17N3O.ClH/c22-18(15-8-3-1-4-9-15,16-10-5-2-6-11-16)14-21-17-19-12-7-13-20-17;/h1-13,22H,14H2,(H,19,20,21);1H. The van der Waals surface area contributed by atoms with Crippen LogP contribution in [-0.4, -0.2) is 21.6 Å². The van der Waals surface area contributed by atoms with Crippen LogP contribution in [0.15, 0.2) is 79.1 Å². The summed E-state index contributed by atoms with van der Waals surface area (Å²) in [5.41, 5.74) is 0.496. The largest absolute Gasteiger partial charge is 0.379 e. The zero-order valence-corrected chi connectivity index (χ0v) is 13.3. The molecule has 2 aromatic carbocycles. The summed E-state index contributed by atoms with van der Waals surface area (Å²) in [6, 6.07) is 21.0. The van der Waals surface area contributed by atoms with Crippen LogP contribution in [0.3, 0.4) is 0 Å². The highest BCUT2D eigenvalue weighted by Crippen LogP contribution is 2.29. The smallest absolute Gasteiger partial charge is 0.222 e. The maximum Gasteiger partial charge on any atom is 0.222 e. The molecule has 1 heterocycles. The molecule has 0 aliphatic carbocycles. The predicted molar refractivity (Wildman–Crippen MR) is 93.7 cm³/mol. The number of nitrogens with one attached hydrogen (secondary N) is 1. The number of anilines is 1. The Hall–Kier alpha value is -2.43. The van der Waals surface area contributed by atoms with Gasteiger partial charge in [0, 0.05) is 12.4 Å². The molecule has 0 bridgehead atoms. The maximum absolute atomic E-state index is 11.3. The maximum atomic E-state index is 11.3. The predicted octanol–water partition coefficient (Wildman–Crippen LogP) is 3.25. The summed E-state index contributed by atoms with van der Waals surface area (Å²) in [4.78, 5) is 8.27. The first-order valence-corrected chi connectivity index (χ1v) is 7.13. The summed E-state index contributed by atoms with van der Waals surface area (Å²) in [7, 11) is 0. The Labute approximate surface area is 141 Å². The van der Waals surface area contributed by atoms with Gasteiger partial charge in [-0.1, -0.05) is 60.7 Å².